The van der Waals surface area contributed by atoms with E-state index in [9.17, 15) is 9.59 Å². The number of rotatable bonds is 18. The molecule has 1 amide bonds. The Morgan fingerprint density at radius 3 is 2.03 bits per heavy atom. The van der Waals surface area contributed by atoms with Crippen molar-refractivity contribution in [1.82, 2.24) is 0 Å². The van der Waals surface area contributed by atoms with Crippen LogP contribution in [0.5, 0.6) is 5.75 Å². The Morgan fingerprint density at radius 2 is 1.44 bits per heavy atom. The molecule has 0 spiro atoms. The highest BCUT2D eigenvalue weighted by Gasteiger charge is 2.12. The van der Waals surface area contributed by atoms with Crippen molar-refractivity contribution in [3.8, 4) is 5.75 Å². The largest absolute Gasteiger partial charge is 0.495 e. The number of anilines is 1. The minimum Gasteiger partial charge on any atom is -0.495 e. The second-order valence-corrected chi connectivity index (χ2v) is 8.29. The van der Waals surface area contributed by atoms with Gasteiger partial charge in [-0.3, -0.25) is 4.79 Å². The van der Waals surface area contributed by atoms with Crippen molar-refractivity contribution in [3.05, 3.63) is 35.9 Å². The molecule has 0 saturated heterocycles. The summed E-state index contributed by atoms with van der Waals surface area (Å²) in [5.41, 5.74) is 0.873. The zero-order chi connectivity index (χ0) is 23.4. The van der Waals surface area contributed by atoms with Gasteiger partial charge in [0.25, 0.3) is 0 Å². The molecule has 0 aliphatic heterocycles. The molecule has 0 heterocycles. The van der Waals surface area contributed by atoms with Crippen LogP contribution in [0.25, 0.3) is 0 Å². The third kappa shape index (κ3) is 12.5. The third-order valence-electron chi connectivity index (χ3n) is 5.56. The second-order valence-electron chi connectivity index (χ2n) is 8.29. The fraction of sp³-hybridized carbons (Fsp3) is 0.630. The lowest BCUT2D eigenvalue weighted by Gasteiger charge is -2.11. The summed E-state index contributed by atoms with van der Waals surface area (Å²) in [4.78, 5) is 24.0. The van der Waals surface area contributed by atoms with Gasteiger partial charge in [-0.05, 0) is 50.3 Å². The van der Waals surface area contributed by atoms with Gasteiger partial charge in [-0.1, -0.05) is 70.4 Å². The summed E-state index contributed by atoms with van der Waals surface area (Å²) in [5, 5.41) is 2.85. The van der Waals surface area contributed by atoms with Crippen LogP contribution < -0.4 is 10.1 Å². The number of carbonyl (C=O) groups is 2. The normalized spacial score (nSPS) is 11.0. The average molecular weight is 446 g/mol. The van der Waals surface area contributed by atoms with Crippen molar-refractivity contribution in [1.29, 1.82) is 0 Å². The number of ether oxygens (including phenoxy) is 2. The van der Waals surface area contributed by atoms with Crippen LogP contribution in [-0.2, 0) is 9.53 Å². The van der Waals surface area contributed by atoms with E-state index in [1.165, 1.54) is 72.0 Å². The summed E-state index contributed by atoms with van der Waals surface area (Å²) in [7, 11) is 2.87. The average Bonchev–Trinajstić information content (AvgIpc) is 2.81. The van der Waals surface area contributed by atoms with Crippen LogP contribution in [0.4, 0.5) is 5.69 Å². The highest BCUT2D eigenvalue weighted by molar-refractivity contribution is 5.96. The number of unbranched alkanes of at least 4 members (excludes halogenated alkanes) is 11. The van der Waals surface area contributed by atoms with Crippen LogP contribution in [0.2, 0.25) is 0 Å². The lowest BCUT2D eigenvalue weighted by Crippen LogP contribution is -2.13. The molecule has 0 saturated carbocycles. The molecule has 0 bridgehead atoms. The Morgan fingerprint density at radius 1 is 0.844 bits per heavy atom. The summed E-state index contributed by atoms with van der Waals surface area (Å²) < 4.78 is 10.0. The first-order valence-electron chi connectivity index (χ1n) is 12.3. The fourth-order valence-electron chi connectivity index (χ4n) is 3.62. The van der Waals surface area contributed by atoms with Gasteiger partial charge in [-0.2, -0.15) is 0 Å². The quantitative estimate of drug-likeness (QED) is 0.145. The van der Waals surface area contributed by atoms with Crippen LogP contribution in [0.15, 0.2) is 30.4 Å². The molecular formula is C27H43NO4. The highest BCUT2D eigenvalue weighted by Crippen LogP contribution is 2.26. The van der Waals surface area contributed by atoms with Crippen molar-refractivity contribution in [2.75, 3.05) is 19.5 Å². The van der Waals surface area contributed by atoms with Crippen LogP contribution in [0, 0.1) is 0 Å². The second kappa shape index (κ2) is 18.3. The Hall–Kier alpha value is -2.30. The van der Waals surface area contributed by atoms with Gasteiger partial charge in [0.15, 0.2) is 0 Å². The van der Waals surface area contributed by atoms with Crippen LogP contribution in [0.3, 0.4) is 0 Å². The van der Waals surface area contributed by atoms with E-state index in [-0.39, 0.29) is 5.91 Å². The molecule has 180 valence electrons. The molecule has 0 unspecified atom stereocenters. The van der Waals surface area contributed by atoms with Gasteiger partial charge in [-0.25, -0.2) is 4.79 Å². The summed E-state index contributed by atoms with van der Waals surface area (Å²) >= 11 is 0. The fourth-order valence-corrected chi connectivity index (χ4v) is 3.62. The van der Waals surface area contributed by atoms with Crippen molar-refractivity contribution < 1.29 is 19.1 Å². The van der Waals surface area contributed by atoms with Crippen molar-refractivity contribution in [2.24, 2.45) is 0 Å². The monoisotopic (exact) mass is 445 g/mol. The van der Waals surface area contributed by atoms with E-state index in [2.05, 4.69) is 24.4 Å². The number of hydrogen-bond acceptors (Lipinski definition) is 4. The minimum absolute atomic E-state index is 0.0667. The number of amides is 1. The Bertz CT molecular complexity index is 684. The standard InChI is InChI=1S/C27H43NO4/c1-4-5-6-7-8-9-10-11-12-13-14-15-16-17-18-19-26(29)28-24-22-23(27(30)32-3)20-21-25(24)31-2/h11-12,20-22H,4-10,13-19H2,1-3H3,(H,28,29)/b12-11-. The molecule has 5 heteroatoms. The molecule has 0 aliphatic carbocycles. The molecule has 0 aromatic heterocycles. The zero-order valence-electron chi connectivity index (χ0n) is 20.4. The first-order chi connectivity index (χ1) is 15.6. The predicted molar refractivity (Wildman–Crippen MR) is 132 cm³/mol. The van der Waals surface area contributed by atoms with Crippen molar-refractivity contribution in [3.63, 3.8) is 0 Å². The number of nitrogens with one attached hydrogen (secondary N) is 1. The number of esters is 1. The van der Waals surface area contributed by atoms with Gasteiger partial charge in [0, 0.05) is 6.42 Å². The molecule has 1 aromatic rings. The summed E-state index contributed by atoms with van der Waals surface area (Å²) in [5.74, 6) is 0.0129. The Kier molecular flexibility index (Phi) is 15.9. The van der Waals surface area contributed by atoms with E-state index in [0.29, 0.717) is 23.4 Å². The number of carbonyl (C=O) groups excluding carboxylic acids is 2. The predicted octanol–water partition coefficient (Wildman–Crippen LogP) is 7.46. The maximum Gasteiger partial charge on any atom is 0.337 e. The maximum atomic E-state index is 12.3. The van der Waals surface area contributed by atoms with Crippen LogP contribution in [0.1, 0.15) is 107 Å². The topological polar surface area (TPSA) is 64.6 Å². The van der Waals surface area contributed by atoms with E-state index in [4.69, 9.17) is 9.47 Å². The summed E-state index contributed by atoms with van der Waals surface area (Å²) in [6, 6.07) is 4.86. The molecule has 32 heavy (non-hydrogen) atoms. The molecule has 0 aliphatic rings. The van der Waals surface area contributed by atoms with Gasteiger partial charge in [-0.15, -0.1) is 0 Å². The molecule has 0 radical (unpaired) electrons. The van der Waals surface area contributed by atoms with Crippen molar-refractivity contribution in [2.45, 2.75) is 96.8 Å². The van der Waals surface area contributed by atoms with Gasteiger partial charge >= 0.3 is 5.97 Å². The van der Waals surface area contributed by atoms with Gasteiger partial charge in [0.05, 0.1) is 25.5 Å². The maximum absolute atomic E-state index is 12.3. The molecule has 0 atom stereocenters. The Labute approximate surface area is 195 Å². The lowest BCUT2D eigenvalue weighted by molar-refractivity contribution is -0.116. The first-order valence-corrected chi connectivity index (χ1v) is 12.3. The van der Waals surface area contributed by atoms with Gasteiger partial charge in [0.1, 0.15) is 5.75 Å². The van der Waals surface area contributed by atoms with E-state index < -0.39 is 5.97 Å². The van der Waals surface area contributed by atoms with E-state index in [1.54, 1.807) is 18.2 Å². The number of hydrogen-bond donors (Lipinski definition) is 1. The molecule has 0 fully saturated rings. The summed E-state index contributed by atoms with van der Waals surface area (Å²) in [6.07, 6.45) is 21.1. The summed E-state index contributed by atoms with van der Waals surface area (Å²) in [6.45, 7) is 2.26. The highest BCUT2D eigenvalue weighted by atomic mass is 16.5. The Balaban J connectivity index is 2.11. The van der Waals surface area contributed by atoms with E-state index in [0.717, 1.165) is 25.7 Å². The minimum atomic E-state index is -0.444. The molecular weight excluding hydrogens is 402 g/mol. The smallest absolute Gasteiger partial charge is 0.337 e. The number of benzene rings is 1. The molecule has 1 aromatic carbocycles. The van der Waals surface area contributed by atoms with E-state index >= 15 is 0 Å². The zero-order valence-corrected chi connectivity index (χ0v) is 20.4. The molecule has 1 rings (SSSR count). The number of allylic oxidation sites excluding steroid dienone is 2. The van der Waals surface area contributed by atoms with Gasteiger partial charge in [0.2, 0.25) is 5.91 Å². The molecule has 1 N–H and O–H groups in total. The SMILES string of the molecule is CCCCCCCC/C=C\CCCCCCCC(=O)Nc1cc(C(=O)OC)ccc1OC. The van der Waals surface area contributed by atoms with Crippen LogP contribution >= 0.6 is 0 Å². The molecule has 5 nitrogen and oxygen atoms in total. The lowest BCUT2D eigenvalue weighted by atomic mass is 10.1. The van der Waals surface area contributed by atoms with E-state index in [1.807, 2.05) is 0 Å². The van der Waals surface area contributed by atoms with Gasteiger partial charge < -0.3 is 14.8 Å². The third-order valence-corrected chi connectivity index (χ3v) is 5.56. The first kappa shape index (κ1) is 27.7. The van der Waals surface area contributed by atoms with Crippen LogP contribution in [-0.4, -0.2) is 26.1 Å². The van der Waals surface area contributed by atoms with Crippen molar-refractivity contribution >= 4 is 17.6 Å². The number of methoxy groups -OCH3 is 2.